The first kappa shape index (κ1) is 20.5. The molecule has 0 saturated heterocycles. The zero-order chi connectivity index (χ0) is 20.1. The summed E-state index contributed by atoms with van der Waals surface area (Å²) < 4.78 is 7.17. The molecule has 2 N–H and O–H groups in total. The molecule has 1 aromatic carbocycles. The van der Waals surface area contributed by atoms with E-state index >= 15 is 0 Å². The number of aromatic nitrogens is 2. The first-order valence-electron chi connectivity index (χ1n) is 8.93. The van der Waals surface area contributed by atoms with Crippen molar-refractivity contribution in [2.75, 3.05) is 13.2 Å². The van der Waals surface area contributed by atoms with E-state index in [4.69, 9.17) is 9.84 Å². The van der Waals surface area contributed by atoms with Gasteiger partial charge in [0, 0.05) is 24.8 Å². The number of ether oxygens (including phenoxy) is 1. The van der Waals surface area contributed by atoms with E-state index in [1.807, 2.05) is 25.6 Å². The lowest BCUT2D eigenvalue weighted by atomic mass is 10.0. The Morgan fingerprint density at radius 3 is 2.33 bits per heavy atom. The minimum absolute atomic E-state index is 0.148. The maximum absolute atomic E-state index is 12.4. The number of rotatable bonds is 8. The van der Waals surface area contributed by atoms with E-state index in [-0.39, 0.29) is 5.91 Å². The van der Waals surface area contributed by atoms with Crippen LogP contribution in [0.5, 0.6) is 5.75 Å². The molecule has 7 heteroatoms. The Labute approximate surface area is 159 Å². The van der Waals surface area contributed by atoms with Gasteiger partial charge in [0.2, 0.25) is 0 Å². The molecule has 27 heavy (non-hydrogen) atoms. The molecule has 0 aliphatic rings. The maximum atomic E-state index is 12.4. The van der Waals surface area contributed by atoms with Gasteiger partial charge in [-0.05, 0) is 69.4 Å². The van der Waals surface area contributed by atoms with Gasteiger partial charge in [-0.1, -0.05) is 0 Å². The number of carboxylic acid groups (broad SMARTS) is 1. The van der Waals surface area contributed by atoms with Crippen molar-refractivity contribution in [3.8, 4) is 5.75 Å². The Bertz CT molecular complexity index is 832. The van der Waals surface area contributed by atoms with Crippen molar-refractivity contribution >= 4 is 11.9 Å². The van der Waals surface area contributed by atoms with E-state index in [0.29, 0.717) is 17.9 Å². The highest BCUT2D eigenvalue weighted by Crippen LogP contribution is 2.25. The number of carboxylic acids is 1. The average molecular weight is 373 g/mol. The molecule has 0 spiro atoms. The van der Waals surface area contributed by atoms with Gasteiger partial charge in [0.15, 0.2) is 6.61 Å². The summed E-state index contributed by atoms with van der Waals surface area (Å²) in [5, 5.41) is 16.1. The second-order valence-corrected chi connectivity index (χ2v) is 6.75. The molecule has 0 radical (unpaired) electrons. The molecular formula is C20H27N3O4. The highest BCUT2D eigenvalue weighted by Gasteiger charge is 2.13. The maximum Gasteiger partial charge on any atom is 0.341 e. The summed E-state index contributed by atoms with van der Waals surface area (Å²) in [6.07, 6.45) is 1.70. The predicted octanol–water partition coefficient (Wildman–Crippen LogP) is 2.48. The molecule has 0 aliphatic heterocycles. The summed E-state index contributed by atoms with van der Waals surface area (Å²) in [5.74, 6) is -0.670. The zero-order valence-electron chi connectivity index (χ0n) is 16.5. The number of aliphatic carboxylic acids is 1. The fourth-order valence-electron chi connectivity index (χ4n) is 3.19. The third-order valence-electron chi connectivity index (χ3n) is 4.61. The van der Waals surface area contributed by atoms with Crippen LogP contribution in [0.3, 0.4) is 0 Å². The second-order valence-electron chi connectivity index (χ2n) is 6.75. The summed E-state index contributed by atoms with van der Waals surface area (Å²) in [7, 11) is 1.93. The molecule has 1 amide bonds. The normalized spacial score (nSPS) is 10.7. The molecule has 0 atom stereocenters. The SMILES string of the molecule is Cc1cc(C(=O)NCCCc2c(C)nn(C)c2C)cc(C)c1OCC(=O)O. The van der Waals surface area contributed by atoms with Gasteiger partial charge in [-0.15, -0.1) is 0 Å². The second kappa shape index (κ2) is 8.70. The van der Waals surface area contributed by atoms with E-state index in [9.17, 15) is 9.59 Å². The summed E-state index contributed by atoms with van der Waals surface area (Å²) in [5.41, 5.74) is 5.44. The third-order valence-corrected chi connectivity index (χ3v) is 4.61. The molecule has 0 unspecified atom stereocenters. The zero-order valence-corrected chi connectivity index (χ0v) is 16.5. The van der Waals surface area contributed by atoms with Gasteiger partial charge in [0.05, 0.1) is 5.69 Å². The molecule has 0 aliphatic carbocycles. The van der Waals surface area contributed by atoms with Gasteiger partial charge in [-0.2, -0.15) is 5.10 Å². The van der Waals surface area contributed by atoms with Crippen molar-refractivity contribution < 1.29 is 19.4 Å². The van der Waals surface area contributed by atoms with Crippen molar-refractivity contribution in [2.24, 2.45) is 7.05 Å². The number of hydrogen-bond acceptors (Lipinski definition) is 4. The van der Waals surface area contributed by atoms with Gasteiger partial charge in [0.1, 0.15) is 5.75 Å². The van der Waals surface area contributed by atoms with E-state index in [2.05, 4.69) is 10.4 Å². The minimum Gasteiger partial charge on any atom is -0.481 e. The fourth-order valence-corrected chi connectivity index (χ4v) is 3.19. The van der Waals surface area contributed by atoms with Crippen molar-refractivity contribution in [2.45, 2.75) is 40.5 Å². The number of nitrogens with one attached hydrogen (secondary N) is 1. The summed E-state index contributed by atoms with van der Waals surface area (Å²) >= 11 is 0. The van der Waals surface area contributed by atoms with Gasteiger partial charge >= 0.3 is 5.97 Å². The largest absolute Gasteiger partial charge is 0.481 e. The van der Waals surface area contributed by atoms with E-state index in [1.54, 1.807) is 26.0 Å². The van der Waals surface area contributed by atoms with Crippen molar-refractivity contribution in [1.82, 2.24) is 15.1 Å². The molecule has 7 nitrogen and oxygen atoms in total. The van der Waals surface area contributed by atoms with Crippen LogP contribution in [0.25, 0.3) is 0 Å². The number of amides is 1. The van der Waals surface area contributed by atoms with Crippen molar-refractivity contribution in [3.05, 3.63) is 45.8 Å². The summed E-state index contributed by atoms with van der Waals surface area (Å²) in [4.78, 5) is 23.1. The quantitative estimate of drug-likeness (QED) is 0.694. The smallest absolute Gasteiger partial charge is 0.341 e. The molecule has 0 fully saturated rings. The predicted molar refractivity (Wildman–Crippen MR) is 102 cm³/mol. The molecule has 1 aromatic heterocycles. The topological polar surface area (TPSA) is 93.5 Å². The molecule has 2 rings (SSSR count). The Balaban J connectivity index is 1.93. The van der Waals surface area contributed by atoms with Crippen LogP contribution in [-0.4, -0.2) is 39.9 Å². The summed E-state index contributed by atoms with van der Waals surface area (Å²) in [6.45, 7) is 7.82. The monoisotopic (exact) mass is 373 g/mol. The van der Waals surface area contributed by atoms with Gasteiger partial charge < -0.3 is 15.2 Å². The van der Waals surface area contributed by atoms with Crippen molar-refractivity contribution in [3.63, 3.8) is 0 Å². The number of hydrogen-bond donors (Lipinski definition) is 2. The number of carbonyl (C=O) groups excluding carboxylic acids is 1. The third kappa shape index (κ3) is 5.09. The Hall–Kier alpha value is -2.83. The highest BCUT2D eigenvalue weighted by molar-refractivity contribution is 5.94. The van der Waals surface area contributed by atoms with E-state index in [1.165, 1.54) is 5.56 Å². The van der Waals surface area contributed by atoms with Crippen LogP contribution >= 0.6 is 0 Å². The van der Waals surface area contributed by atoms with Crippen LogP contribution in [0, 0.1) is 27.7 Å². The Kier molecular flexibility index (Phi) is 6.60. The molecule has 146 valence electrons. The lowest BCUT2D eigenvalue weighted by Crippen LogP contribution is -2.25. The number of nitrogens with zero attached hydrogens (tertiary/aromatic N) is 2. The van der Waals surface area contributed by atoms with Gasteiger partial charge in [0.25, 0.3) is 5.91 Å². The lowest BCUT2D eigenvalue weighted by Gasteiger charge is -2.13. The first-order valence-corrected chi connectivity index (χ1v) is 8.93. The fraction of sp³-hybridized carbons (Fsp3) is 0.450. The van der Waals surface area contributed by atoms with Gasteiger partial charge in [-0.3, -0.25) is 9.48 Å². The van der Waals surface area contributed by atoms with Crippen LogP contribution < -0.4 is 10.1 Å². The van der Waals surface area contributed by atoms with Crippen LogP contribution in [-0.2, 0) is 18.3 Å². The first-order chi connectivity index (χ1) is 12.7. The Morgan fingerprint density at radius 1 is 1.19 bits per heavy atom. The van der Waals surface area contributed by atoms with Crippen LogP contribution in [0.4, 0.5) is 0 Å². The van der Waals surface area contributed by atoms with Crippen molar-refractivity contribution in [1.29, 1.82) is 0 Å². The van der Waals surface area contributed by atoms with E-state index in [0.717, 1.165) is 35.4 Å². The Morgan fingerprint density at radius 2 is 1.81 bits per heavy atom. The molecule has 1 heterocycles. The van der Waals surface area contributed by atoms with Gasteiger partial charge in [-0.25, -0.2) is 4.79 Å². The van der Waals surface area contributed by atoms with Crippen LogP contribution in [0.15, 0.2) is 12.1 Å². The number of aryl methyl sites for hydroxylation is 4. The minimum atomic E-state index is -1.03. The molecule has 0 saturated carbocycles. The highest BCUT2D eigenvalue weighted by atomic mass is 16.5. The summed E-state index contributed by atoms with van der Waals surface area (Å²) in [6, 6.07) is 3.43. The van der Waals surface area contributed by atoms with Crippen LogP contribution in [0.1, 0.15) is 44.9 Å². The van der Waals surface area contributed by atoms with E-state index < -0.39 is 12.6 Å². The number of carbonyl (C=O) groups is 2. The average Bonchev–Trinajstić information content (AvgIpc) is 2.83. The molecule has 2 aromatic rings. The lowest BCUT2D eigenvalue weighted by molar-refractivity contribution is -0.139. The van der Waals surface area contributed by atoms with Crippen LogP contribution in [0.2, 0.25) is 0 Å². The molecular weight excluding hydrogens is 346 g/mol. The molecule has 0 bridgehead atoms. The standard InChI is InChI=1S/C20H27N3O4/c1-12-9-16(10-13(2)19(12)27-11-18(24)25)20(26)21-8-6-7-17-14(3)22-23(5)15(17)4/h9-10H,6-8,11H2,1-5H3,(H,21,26)(H,24,25). The number of benzene rings is 1.